The molecule has 0 bridgehead atoms. The summed E-state index contributed by atoms with van der Waals surface area (Å²) in [5.41, 5.74) is 0.404. The summed E-state index contributed by atoms with van der Waals surface area (Å²) >= 11 is 0. The number of carboxylic acids is 1. The van der Waals surface area contributed by atoms with Crippen LogP contribution in [0.2, 0.25) is 0 Å². The van der Waals surface area contributed by atoms with E-state index in [2.05, 4.69) is 0 Å². The van der Waals surface area contributed by atoms with E-state index < -0.39 is 22.0 Å². The molecule has 8 heteroatoms. The molecule has 2 N–H and O–H groups in total. The van der Waals surface area contributed by atoms with Crippen LogP contribution in [-0.2, 0) is 19.7 Å². The van der Waals surface area contributed by atoms with Crippen LogP contribution in [0.25, 0.3) is 0 Å². The number of aliphatic carboxylic acids is 1. The maximum atomic E-state index is 11.7. The van der Waals surface area contributed by atoms with E-state index in [1.807, 2.05) is 0 Å². The minimum Gasteiger partial charge on any atom is -0.481 e. The minimum absolute atomic E-state index is 0.0549. The van der Waals surface area contributed by atoms with Gasteiger partial charge in [-0.2, -0.15) is 8.42 Å². The van der Waals surface area contributed by atoms with Crippen molar-refractivity contribution in [3.63, 3.8) is 0 Å². The summed E-state index contributed by atoms with van der Waals surface area (Å²) in [6.07, 6.45) is -0.0740. The number of rotatable bonds is 3. The molecular weight excluding hydrogens is 274 g/mol. The second-order valence-electron chi connectivity index (χ2n) is 4.21. The van der Waals surface area contributed by atoms with Gasteiger partial charge >= 0.3 is 5.97 Å². The van der Waals surface area contributed by atoms with Gasteiger partial charge in [-0.1, -0.05) is 0 Å². The zero-order valence-corrected chi connectivity index (χ0v) is 10.5. The fraction of sp³-hybridized carbons (Fsp3) is 0.273. The van der Waals surface area contributed by atoms with Crippen molar-refractivity contribution in [2.45, 2.75) is 11.3 Å². The van der Waals surface area contributed by atoms with Gasteiger partial charge < -0.3 is 10.0 Å². The van der Waals surface area contributed by atoms with Crippen molar-refractivity contribution < 1.29 is 27.7 Å². The first kappa shape index (κ1) is 13.5. The Kier molecular flexibility index (Phi) is 3.29. The number of amides is 1. The lowest BCUT2D eigenvalue weighted by Gasteiger charge is -2.16. The van der Waals surface area contributed by atoms with Crippen molar-refractivity contribution in [1.82, 2.24) is 0 Å². The molecule has 1 heterocycles. The average molecular weight is 285 g/mol. The molecule has 0 saturated carbocycles. The van der Waals surface area contributed by atoms with Crippen LogP contribution in [0, 0.1) is 5.92 Å². The molecule has 1 amide bonds. The highest BCUT2D eigenvalue weighted by Crippen LogP contribution is 2.26. The summed E-state index contributed by atoms with van der Waals surface area (Å²) in [7, 11) is -4.28. The summed E-state index contributed by atoms with van der Waals surface area (Å²) in [4.78, 5) is 23.5. The van der Waals surface area contributed by atoms with Crippen molar-refractivity contribution in [3.8, 4) is 0 Å². The fourth-order valence-electron chi connectivity index (χ4n) is 1.92. The Morgan fingerprint density at radius 1 is 1.26 bits per heavy atom. The molecule has 0 radical (unpaired) electrons. The fourth-order valence-corrected chi connectivity index (χ4v) is 2.40. The quantitative estimate of drug-likeness (QED) is 0.776. The van der Waals surface area contributed by atoms with E-state index in [-0.39, 0.29) is 23.8 Å². The predicted octanol–water partition coefficient (Wildman–Crippen LogP) is 0.371. The van der Waals surface area contributed by atoms with E-state index in [0.29, 0.717) is 5.69 Å². The van der Waals surface area contributed by atoms with Gasteiger partial charge in [0.25, 0.3) is 10.1 Å². The molecule has 7 nitrogen and oxygen atoms in total. The molecule has 1 fully saturated rings. The Bertz CT molecular complexity index is 621. The lowest BCUT2D eigenvalue weighted by atomic mass is 10.1. The van der Waals surface area contributed by atoms with E-state index in [1.165, 1.54) is 17.0 Å². The first-order valence-electron chi connectivity index (χ1n) is 5.40. The number of hydrogen-bond acceptors (Lipinski definition) is 4. The maximum absolute atomic E-state index is 11.7. The predicted molar refractivity (Wildman–Crippen MR) is 64.4 cm³/mol. The van der Waals surface area contributed by atoms with Gasteiger partial charge in [-0.3, -0.25) is 14.1 Å². The van der Waals surface area contributed by atoms with Gasteiger partial charge in [0.1, 0.15) is 0 Å². The van der Waals surface area contributed by atoms with Crippen LogP contribution in [-0.4, -0.2) is 36.5 Å². The van der Waals surface area contributed by atoms with Gasteiger partial charge in [0, 0.05) is 18.7 Å². The van der Waals surface area contributed by atoms with Crippen molar-refractivity contribution in [2.24, 2.45) is 5.92 Å². The summed E-state index contributed by atoms with van der Waals surface area (Å²) in [6, 6.07) is 5.02. The average Bonchev–Trinajstić information content (AvgIpc) is 2.70. The Balaban J connectivity index is 2.24. The SMILES string of the molecule is O=C(O)[C@@H]1CC(=O)N(c2ccc(S(=O)(=O)O)cc2)C1. The molecule has 19 heavy (non-hydrogen) atoms. The molecule has 1 aliphatic rings. The molecule has 102 valence electrons. The third-order valence-corrected chi connectivity index (χ3v) is 3.79. The first-order chi connectivity index (χ1) is 8.79. The van der Waals surface area contributed by atoms with E-state index >= 15 is 0 Å². The van der Waals surface area contributed by atoms with E-state index in [9.17, 15) is 18.0 Å². The number of nitrogens with zero attached hydrogens (tertiary/aromatic N) is 1. The third kappa shape index (κ3) is 2.74. The smallest absolute Gasteiger partial charge is 0.308 e. The third-order valence-electron chi connectivity index (χ3n) is 2.92. The largest absolute Gasteiger partial charge is 0.481 e. The number of benzene rings is 1. The maximum Gasteiger partial charge on any atom is 0.308 e. The van der Waals surface area contributed by atoms with Gasteiger partial charge in [-0.05, 0) is 24.3 Å². The zero-order chi connectivity index (χ0) is 14.2. The second kappa shape index (κ2) is 4.63. The number of carboxylic acid groups (broad SMARTS) is 1. The van der Waals surface area contributed by atoms with Crippen LogP contribution in [0.15, 0.2) is 29.2 Å². The van der Waals surface area contributed by atoms with Crippen LogP contribution < -0.4 is 4.90 Å². The van der Waals surface area contributed by atoms with Crippen LogP contribution in [0.1, 0.15) is 6.42 Å². The number of hydrogen-bond donors (Lipinski definition) is 2. The number of anilines is 1. The van der Waals surface area contributed by atoms with Gasteiger partial charge in [0.2, 0.25) is 5.91 Å². The van der Waals surface area contributed by atoms with Crippen LogP contribution >= 0.6 is 0 Å². The normalized spacial score (nSPS) is 19.7. The molecule has 1 aromatic carbocycles. The number of carbonyl (C=O) groups is 2. The Labute approximate surface area is 109 Å². The van der Waals surface area contributed by atoms with Crippen LogP contribution in [0.4, 0.5) is 5.69 Å². The van der Waals surface area contributed by atoms with Crippen molar-refractivity contribution in [1.29, 1.82) is 0 Å². The molecule has 0 aliphatic carbocycles. The standard InChI is InChI=1S/C11H11NO6S/c13-10-5-7(11(14)15)6-12(10)8-1-3-9(4-2-8)19(16,17)18/h1-4,7H,5-6H2,(H,14,15)(H,16,17,18)/t7-/m1/s1. The first-order valence-corrected chi connectivity index (χ1v) is 6.84. The highest BCUT2D eigenvalue weighted by atomic mass is 32.2. The molecule has 0 spiro atoms. The Morgan fingerprint density at radius 2 is 1.84 bits per heavy atom. The lowest BCUT2D eigenvalue weighted by molar-refractivity contribution is -0.141. The van der Waals surface area contributed by atoms with E-state index in [4.69, 9.17) is 9.66 Å². The highest BCUT2D eigenvalue weighted by Gasteiger charge is 2.35. The molecule has 1 aromatic rings. The van der Waals surface area contributed by atoms with Crippen molar-refractivity contribution >= 4 is 27.7 Å². The van der Waals surface area contributed by atoms with Gasteiger partial charge in [-0.15, -0.1) is 0 Å². The monoisotopic (exact) mass is 285 g/mol. The molecule has 2 rings (SSSR count). The topological polar surface area (TPSA) is 112 Å². The second-order valence-corrected chi connectivity index (χ2v) is 5.63. The van der Waals surface area contributed by atoms with Crippen molar-refractivity contribution in [2.75, 3.05) is 11.4 Å². The minimum atomic E-state index is -4.28. The molecule has 1 saturated heterocycles. The van der Waals surface area contributed by atoms with Gasteiger partial charge in [0.15, 0.2) is 0 Å². The van der Waals surface area contributed by atoms with Crippen LogP contribution in [0.5, 0.6) is 0 Å². The molecule has 1 aliphatic heterocycles. The Morgan fingerprint density at radius 3 is 2.26 bits per heavy atom. The summed E-state index contributed by atoms with van der Waals surface area (Å²) in [5, 5.41) is 8.86. The highest BCUT2D eigenvalue weighted by molar-refractivity contribution is 7.85. The van der Waals surface area contributed by atoms with Crippen molar-refractivity contribution in [3.05, 3.63) is 24.3 Å². The summed E-state index contributed by atoms with van der Waals surface area (Å²) < 4.78 is 30.6. The molecule has 0 aromatic heterocycles. The summed E-state index contributed by atoms with van der Waals surface area (Å²) in [6.45, 7) is 0.0549. The summed E-state index contributed by atoms with van der Waals surface area (Å²) in [5.74, 6) is -2.12. The van der Waals surface area contributed by atoms with Crippen LogP contribution in [0.3, 0.4) is 0 Å². The van der Waals surface area contributed by atoms with Gasteiger partial charge in [0.05, 0.1) is 10.8 Å². The zero-order valence-electron chi connectivity index (χ0n) is 9.68. The van der Waals surface area contributed by atoms with Gasteiger partial charge in [-0.25, -0.2) is 0 Å². The lowest BCUT2D eigenvalue weighted by Crippen LogP contribution is -2.25. The van der Waals surface area contributed by atoms with E-state index in [1.54, 1.807) is 0 Å². The van der Waals surface area contributed by atoms with E-state index in [0.717, 1.165) is 12.1 Å². The molecule has 0 unspecified atom stereocenters. The molecule has 1 atom stereocenters. The number of carbonyl (C=O) groups excluding carboxylic acids is 1. The Hall–Kier alpha value is -1.93. The molecular formula is C11H11NO6S.